The van der Waals surface area contributed by atoms with Gasteiger partial charge in [-0.1, -0.05) is 69.9 Å². The minimum absolute atomic E-state index is 0.251. The number of ether oxygens (including phenoxy) is 1. The van der Waals surface area contributed by atoms with E-state index in [4.69, 9.17) is 4.74 Å². The van der Waals surface area contributed by atoms with Gasteiger partial charge in [-0.05, 0) is 24.0 Å². The van der Waals surface area contributed by atoms with Crippen LogP contribution >= 0.6 is 0 Å². The lowest BCUT2D eigenvalue weighted by Crippen LogP contribution is -2.08. The Morgan fingerprint density at radius 2 is 1.95 bits per heavy atom. The Balaban J connectivity index is 2.24. The SMILES string of the molecule is CCCCC(CC)CCOC(=O)/C=C/c1ccccc1. The third kappa shape index (κ3) is 7.13. The van der Waals surface area contributed by atoms with Crippen molar-refractivity contribution in [2.24, 2.45) is 5.92 Å². The molecule has 0 N–H and O–H groups in total. The maximum absolute atomic E-state index is 11.6. The molecule has 2 heteroatoms. The van der Waals surface area contributed by atoms with Gasteiger partial charge < -0.3 is 4.74 Å². The molecule has 0 aliphatic carbocycles. The highest BCUT2D eigenvalue weighted by atomic mass is 16.5. The lowest BCUT2D eigenvalue weighted by molar-refractivity contribution is -0.138. The second-order valence-corrected chi connectivity index (χ2v) is 5.12. The molecule has 1 rings (SSSR count). The van der Waals surface area contributed by atoms with Crippen LogP contribution in [0, 0.1) is 5.92 Å². The molecule has 0 aliphatic rings. The first-order valence-corrected chi connectivity index (χ1v) is 7.66. The molecule has 0 aromatic heterocycles. The van der Waals surface area contributed by atoms with Crippen LogP contribution in [0.4, 0.5) is 0 Å². The number of carbonyl (C=O) groups excluding carboxylic acids is 1. The molecule has 0 bridgehead atoms. The van der Waals surface area contributed by atoms with E-state index in [1.54, 1.807) is 6.08 Å². The smallest absolute Gasteiger partial charge is 0.330 e. The molecule has 2 nitrogen and oxygen atoms in total. The van der Waals surface area contributed by atoms with Gasteiger partial charge in [0.15, 0.2) is 0 Å². The van der Waals surface area contributed by atoms with E-state index in [-0.39, 0.29) is 5.97 Å². The summed E-state index contributed by atoms with van der Waals surface area (Å²) < 4.78 is 5.25. The minimum atomic E-state index is -0.251. The zero-order valence-electron chi connectivity index (χ0n) is 12.7. The molecule has 110 valence electrons. The normalized spacial score (nSPS) is 12.5. The summed E-state index contributed by atoms with van der Waals surface area (Å²) in [5.41, 5.74) is 1.01. The summed E-state index contributed by atoms with van der Waals surface area (Å²) in [5.74, 6) is 0.431. The van der Waals surface area contributed by atoms with E-state index in [0.29, 0.717) is 12.5 Å². The Morgan fingerprint density at radius 1 is 1.20 bits per heavy atom. The van der Waals surface area contributed by atoms with Crippen LogP contribution < -0.4 is 0 Å². The van der Waals surface area contributed by atoms with E-state index in [1.165, 1.54) is 25.3 Å². The topological polar surface area (TPSA) is 26.3 Å². The van der Waals surface area contributed by atoms with Gasteiger partial charge >= 0.3 is 5.97 Å². The van der Waals surface area contributed by atoms with Crippen LogP contribution in [-0.4, -0.2) is 12.6 Å². The summed E-state index contributed by atoms with van der Waals surface area (Å²) in [6.45, 7) is 4.94. The van der Waals surface area contributed by atoms with E-state index in [9.17, 15) is 4.79 Å². The number of hydrogen-bond donors (Lipinski definition) is 0. The predicted octanol–water partition coefficient (Wildman–Crippen LogP) is 4.85. The summed E-state index contributed by atoms with van der Waals surface area (Å²) >= 11 is 0. The van der Waals surface area contributed by atoms with Gasteiger partial charge in [-0.2, -0.15) is 0 Å². The monoisotopic (exact) mass is 274 g/mol. The number of esters is 1. The molecule has 0 aliphatic heterocycles. The maximum atomic E-state index is 11.6. The fraction of sp³-hybridized carbons (Fsp3) is 0.500. The van der Waals surface area contributed by atoms with Gasteiger partial charge in [-0.15, -0.1) is 0 Å². The molecule has 20 heavy (non-hydrogen) atoms. The predicted molar refractivity (Wildman–Crippen MR) is 84.4 cm³/mol. The summed E-state index contributed by atoms with van der Waals surface area (Å²) in [5, 5.41) is 0. The van der Waals surface area contributed by atoms with Crippen LogP contribution in [0.5, 0.6) is 0 Å². The van der Waals surface area contributed by atoms with Crippen LogP contribution in [0.2, 0.25) is 0 Å². The molecule has 1 atom stereocenters. The molecule has 0 saturated carbocycles. The van der Waals surface area contributed by atoms with Gasteiger partial charge in [0.2, 0.25) is 0 Å². The van der Waals surface area contributed by atoms with Gasteiger partial charge in [0.05, 0.1) is 6.61 Å². The van der Waals surface area contributed by atoms with E-state index in [0.717, 1.165) is 18.4 Å². The number of carbonyl (C=O) groups is 1. The fourth-order valence-electron chi connectivity index (χ4n) is 2.15. The van der Waals surface area contributed by atoms with Gasteiger partial charge in [0.25, 0.3) is 0 Å². The average Bonchev–Trinajstić information content (AvgIpc) is 2.49. The third-order valence-electron chi connectivity index (χ3n) is 3.53. The van der Waals surface area contributed by atoms with Gasteiger partial charge in [0.1, 0.15) is 0 Å². The van der Waals surface area contributed by atoms with E-state index >= 15 is 0 Å². The number of unbranched alkanes of at least 4 members (excludes halogenated alkanes) is 1. The van der Waals surface area contributed by atoms with Crippen molar-refractivity contribution in [2.75, 3.05) is 6.61 Å². The van der Waals surface area contributed by atoms with Crippen molar-refractivity contribution in [1.82, 2.24) is 0 Å². The fourth-order valence-corrected chi connectivity index (χ4v) is 2.15. The Labute approximate surface area is 122 Å². The van der Waals surface area contributed by atoms with Crippen molar-refractivity contribution < 1.29 is 9.53 Å². The first-order chi connectivity index (χ1) is 9.76. The van der Waals surface area contributed by atoms with E-state index in [1.807, 2.05) is 30.3 Å². The second-order valence-electron chi connectivity index (χ2n) is 5.12. The Morgan fingerprint density at radius 3 is 2.60 bits per heavy atom. The molecule has 1 aromatic rings. The van der Waals surface area contributed by atoms with Crippen LogP contribution in [0.15, 0.2) is 36.4 Å². The van der Waals surface area contributed by atoms with Crippen molar-refractivity contribution in [3.63, 3.8) is 0 Å². The molecule has 0 spiro atoms. The van der Waals surface area contributed by atoms with Crippen molar-refractivity contribution in [2.45, 2.75) is 46.0 Å². The summed E-state index contributed by atoms with van der Waals surface area (Å²) in [6.07, 6.45) is 9.17. The molecule has 0 fully saturated rings. The van der Waals surface area contributed by atoms with Crippen LogP contribution in [-0.2, 0) is 9.53 Å². The number of hydrogen-bond acceptors (Lipinski definition) is 2. The van der Waals surface area contributed by atoms with Crippen molar-refractivity contribution in [1.29, 1.82) is 0 Å². The number of benzene rings is 1. The molecular formula is C18H26O2. The maximum Gasteiger partial charge on any atom is 0.330 e. The molecule has 1 unspecified atom stereocenters. The highest BCUT2D eigenvalue weighted by Crippen LogP contribution is 2.16. The first kappa shape index (κ1) is 16.5. The Hall–Kier alpha value is -1.57. The standard InChI is InChI=1S/C18H26O2/c1-3-5-9-16(4-2)14-15-20-18(19)13-12-17-10-7-6-8-11-17/h6-8,10-13,16H,3-5,9,14-15H2,1-2H3/b13-12+. The summed E-state index contributed by atoms with van der Waals surface area (Å²) in [7, 11) is 0. The highest BCUT2D eigenvalue weighted by Gasteiger charge is 2.06. The largest absolute Gasteiger partial charge is 0.463 e. The third-order valence-corrected chi connectivity index (χ3v) is 3.53. The molecule has 0 saturated heterocycles. The first-order valence-electron chi connectivity index (χ1n) is 7.66. The summed E-state index contributed by atoms with van der Waals surface area (Å²) in [6, 6.07) is 9.77. The zero-order chi connectivity index (χ0) is 14.6. The van der Waals surface area contributed by atoms with E-state index < -0.39 is 0 Å². The summed E-state index contributed by atoms with van der Waals surface area (Å²) in [4.78, 5) is 11.6. The highest BCUT2D eigenvalue weighted by molar-refractivity contribution is 5.86. The Kier molecular flexibility index (Phi) is 8.44. The second kappa shape index (κ2) is 10.2. The molecule has 0 amide bonds. The molecule has 0 radical (unpaired) electrons. The zero-order valence-corrected chi connectivity index (χ0v) is 12.7. The molecular weight excluding hydrogens is 248 g/mol. The quantitative estimate of drug-likeness (QED) is 0.475. The minimum Gasteiger partial charge on any atom is -0.463 e. The van der Waals surface area contributed by atoms with Crippen molar-refractivity contribution >= 4 is 12.0 Å². The van der Waals surface area contributed by atoms with Crippen molar-refractivity contribution in [3.8, 4) is 0 Å². The lowest BCUT2D eigenvalue weighted by atomic mass is 9.96. The molecule has 1 aromatic carbocycles. The van der Waals surface area contributed by atoms with E-state index in [2.05, 4.69) is 13.8 Å². The van der Waals surface area contributed by atoms with Crippen LogP contribution in [0.3, 0.4) is 0 Å². The van der Waals surface area contributed by atoms with Gasteiger partial charge in [0, 0.05) is 6.08 Å². The number of rotatable bonds is 9. The molecule has 0 heterocycles. The van der Waals surface area contributed by atoms with Gasteiger partial charge in [-0.3, -0.25) is 0 Å². The van der Waals surface area contributed by atoms with Gasteiger partial charge in [-0.25, -0.2) is 4.79 Å². The van der Waals surface area contributed by atoms with Crippen molar-refractivity contribution in [3.05, 3.63) is 42.0 Å². The van der Waals surface area contributed by atoms with Crippen LogP contribution in [0.1, 0.15) is 51.5 Å². The Bertz CT molecular complexity index is 395. The lowest BCUT2D eigenvalue weighted by Gasteiger charge is -2.13. The average molecular weight is 274 g/mol. The van der Waals surface area contributed by atoms with Crippen LogP contribution in [0.25, 0.3) is 6.08 Å².